The first-order valence-electron chi connectivity index (χ1n) is 18.6. The van der Waals surface area contributed by atoms with Crippen molar-refractivity contribution in [1.29, 1.82) is 0 Å². The maximum absolute atomic E-state index is 14.5. The van der Waals surface area contributed by atoms with Gasteiger partial charge in [-0.3, -0.25) is 9.69 Å². The molecular formula is C46H44FN3O6S. The maximum atomic E-state index is 14.5. The van der Waals surface area contributed by atoms with Gasteiger partial charge in [0, 0.05) is 16.3 Å². The monoisotopic (exact) mass is 785 g/mol. The van der Waals surface area contributed by atoms with Crippen LogP contribution in [0.2, 0.25) is 0 Å². The van der Waals surface area contributed by atoms with E-state index < -0.39 is 18.5 Å². The second-order valence-corrected chi connectivity index (χ2v) is 15.8. The van der Waals surface area contributed by atoms with E-state index in [0.717, 1.165) is 22.3 Å². The van der Waals surface area contributed by atoms with Gasteiger partial charge in [0.15, 0.2) is 23.2 Å². The molecule has 0 fully saturated rings. The van der Waals surface area contributed by atoms with Gasteiger partial charge in [0.25, 0.3) is 5.91 Å². The normalized spacial score (nSPS) is 14.6. The highest BCUT2D eigenvalue weighted by Gasteiger charge is 2.36. The third-order valence-corrected chi connectivity index (χ3v) is 11.2. The van der Waals surface area contributed by atoms with Gasteiger partial charge < -0.3 is 18.9 Å². The highest BCUT2D eigenvalue weighted by atomic mass is 32.1. The SMILES string of the molecule is COc1cc(/C=C2/CC(C(C)(C)C)Cc3c2nc2ccccc2c3C(=O)OCC(=O)N(Cc2ccc(F)cc2)c2nc(-c3ccccc3)cs2)cc(OC)c1OC. The molecule has 6 aromatic rings. The summed E-state index contributed by atoms with van der Waals surface area (Å²) in [6.45, 7) is 6.16. The second-order valence-electron chi connectivity index (χ2n) is 15.0. The summed E-state index contributed by atoms with van der Waals surface area (Å²) in [5.41, 5.74) is 6.46. The average molecular weight is 786 g/mol. The Kier molecular flexibility index (Phi) is 11.4. The fourth-order valence-corrected chi connectivity index (χ4v) is 8.05. The lowest BCUT2D eigenvalue weighted by Gasteiger charge is -2.36. The van der Waals surface area contributed by atoms with Crippen molar-refractivity contribution < 1.29 is 32.9 Å². The van der Waals surface area contributed by atoms with Crippen LogP contribution in [0.1, 0.15) is 59.9 Å². The van der Waals surface area contributed by atoms with Gasteiger partial charge in [-0.15, -0.1) is 11.3 Å². The molecule has 0 spiro atoms. The molecular weight excluding hydrogens is 742 g/mol. The first-order chi connectivity index (χ1) is 27.5. The van der Waals surface area contributed by atoms with Crippen LogP contribution in [0.4, 0.5) is 9.52 Å². The van der Waals surface area contributed by atoms with Crippen molar-refractivity contribution in [2.75, 3.05) is 32.8 Å². The Balaban J connectivity index is 1.26. The van der Waals surface area contributed by atoms with Gasteiger partial charge in [0.05, 0.1) is 50.3 Å². The van der Waals surface area contributed by atoms with Gasteiger partial charge in [-0.1, -0.05) is 81.4 Å². The van der Waals surface area contributed by atoms with Gasteiger partial charge in [0.1, 0.15) is 5.82 Å². The van der Waals surface area contributed by atoms with Crippen LogP contribution in [0, 0.1) is 17.2 Å². The van der Waals surface area contributed by atoms with Crippen molar-refractivity contribution in [3.63, 3.8) is 0 Å². The van der Waals surface area contributed by atoms with Crippen LogP contribution in [0.15, 0.2) is 96.4 Å². The summed E-state index contributed by atoms with van der Waals surface area (Å²) in [6.07, 6.45) is 3.36. The van der Waals surface area contributed by atoms with E-state index in [9.17, 15) is 14.0 Å². The molecule has 1 aliphatic rings. The Morgan fingerprint density at radius 3 is 2.23 bits per heavy atom. The molecule has 0 N–H and O–H groups in total. The number of fused-ring (bicyclic) bond motifs is 2. The van der Waals surface area contributed by atoms with E-state index in [0.29, 0.717) is 68.6 Å². The molecule has 1 unspecified atom stereocenters. The van der Waals surface area contributed by atoms with Crippen LogP contribution in [0.3, 0.4) is 0 Å². The molecule has 0 saturated heterocycles. The lowest BCUT2D eigenvalue weighted by Crippen LogP contribution is -2.34. The summed E-state index contributed by atoms with van der Waals surface area (Å²) in [5.74, 6) is 0.212. The Morgan fingerprint density at radius 1 is 0.877 bits per heavy atom. The quantitative estimate of drug-likeness (QED) is 0.120. The second kappa shape index (κ2) is 16.6. The highest BCUT2D eigenvalue weighted by Crippen LogP contribution is 2.46. The van der Waals surface area contributed by atoms with Crippen molar-refractivity contribution in [3.8, 4) is 28.5 Å². The number of pyridine rings is 1. The molecule has 0 saturated carbocycles. The van der Waals surface area contributed by atoms with E-state index in [2.05, 4.69) is 26.8 Å². The molecule has 292 valence electrons. The highest BCUT2D eigenvalue weighted by molar-refractivity contribution is 7.14. The van der Waals surface area contributed by atoms with Crippen molar-refractivity contribution in [2.24, 2.45) is 11.3 Å². The van der Waals surface area contributed by atoms with E-state index >= 15 is 0 Å². The number of carbonyl (C=O) groups is 2. The zero-order chi connectivity index (χ0) is 40.3. The summed E-state index contributed by atoms with van der Waals surface area (Å²) in [7, 11) is 4.73. The van der Waals surface area contributed by atoms with E-state index in [1.54, 1.807) is 33.5 Å². The molecule has 9 nitrogen and oxygen atoms in total. The number of allylic oxidation sites excluding steroid dienone is 1. The van der Waals surface area contributed by atoms with Gasteiger partial charge in [-0.25, -0.2) is 19.2 Å². The molecule has 0 bridgehead atoms. The largest absolute Gasteiger partial charge is 0.493 e. The zero-order valence-electron chi connectivity index (χ0n) is 32.8. The number of thiazole rings is 1. The Labute approximate surface area is 335 Å². The lowest BCUT2D eigenvalue weighted by atomic mass is 9.69. The summed E-state index contributed by atoms with van der Waals surface area (Å²) in [6, 6.07) is 26.9. The van der Waals surface area contributed by atoms with Crippen molar-refractivity contribution in [1.82, 2.24) is 9.97 Å². The molecule has 4 aromatic carbocycles. The number of nitrogens with zero attached hydrogens (tertiary/aromatic N) is 3. The van der Waals surface area contributed by atoms with Crippen molar-refractivity contribution >= 4 is 50.9 Å². The van der Waals surface area contributed by atoms with Crippen LogP contribution >= 0.6 is 11.3 Å². The molecule has 0 aliphatic heterocycles. The van der Waals surface area contributed by atoms with E-state index in [4.69, 9.17) is 28.9 Å². The maximum Gasteiger partial charge on any atom is 0.339 e. The first kappa shape index (κ1) is 39.2. The lowest BCUT2D eigenvalue weighted by molar-refractivity contribution is -0.121. The number of esters is 1. The minimum absolute atomic E-state index is 0.105. The van der Waals surface area contributed by atoms with Crippen molar-refractivity contribution in [2.45, 2.75) is 40.2 Å². The number of para-hydroxylation sites is 1. The van der Waals surface area contributed by atoms with Crippen LogP contribution < -0.4 is 19.1 Å². The molecule has 2 heterocycles. The van der Waals surface area contributed by atoms with E-state index in [-0.39, 0.29) is 23.7 Å². The smallest absolute Gasteiger partial charge is 0.339 e. The number of ether oxygens (including phenoxy) is 4. The molecule has 57 heavy (non-hydrogen) atoms. The third kappa shape index (κ3) is 8.39. The molecule has 0 radical (unpaired) electrons. The summed E-state index contributed by atoms with van der Waals surface area (Å²) >= 11 is 1.31. The molecule has 1 aliphatic carbocycles. The predicted octanol–water partition coefficient (Wildman–Crippen LogP) is 10.1. The molecule has 11 heteroatoms. The van der Waals surface area contributed by atoms with Gasteiger partial charge in [-0.05, 0) is 82.8 Å². The molecule has 2 aromatic heterocycles. The summed E-state index contributed by atoms with van der Waals surface area (Å²) < 4.78 is 36.7. The topological polar surface area (TPSA) is 100 Å². The molecule has 1 atom stereocenters. The van der Waals surface area contributed by atoms with Gasteiger partial charge in [0.2, 0.25) is 5.75 Å². The Hall–Kier alpha value is -6.07. The fourth-order valence-electron chi connectivity index (χ4n) is 7.20. The number of hydrogen-bond donors (Lipinski definition) is 0. The third-order valence-electron chi connectivity index (χ3n) is 10.3. The number of benzene rings is 4. The van der Waals surface area contributed by atoms with Crippen LogP contribution in [0.5, 0.6) is 17.2 Å². The minimum Gasteiger partial charge on any atom is -0.493 e. The number of carbonyl (C=O) groups excluding carboxylic acids is 2. The van der Waals surface area contributed by atoms with Crippen LogP contribution in [0.25, 0.3) is 33.8 Å². The van der Waals surface area contributed by atoms with Crippen LogP contribution in [-0.2, 0) is 22.5 Å². The van der Waals surface area contributed by atoms with E-state index in [1.807, 2.05) is 72.1 Å². The number of hydrogen-bond acceptors (Lipinski definition) is 9. The molecule has 1 amide bonds. The average Bonchev–Trinajstić information content (AvgIpc) is 3.71. The predicted molar refractivity (Wildman–Crippen MR) is 222 cm³/mol. The Morgan fingerprint density at radius 2 is 1.56 bits per heavy atom. The van der Waals surface area contributed by atoms with Gasteiger partial charge in [-0.2, -0.15) is 0 Å². The number of methoxy groups -OCH3 is 3. The summed E-state index contributed by atoms with van der Waals surface area (Å²) in [4.78, 5) is 40.0. The number of rotatable bonds is 11. The van der Waals surface area contributed by atoms with Crippen molar-refractivity contribution in [3.05, 3.63) is 130 Å². The number of amides is 1. The van der Waals surface area contributed by atoms with E-state index in [1.165, 1.54) is 28.4 Å². The number of halogens is 1. The first-order valence-corrected chi connectivity index (χ1v) is 19.5. The number of anilines is 1. The van der Waals surface area contributed by atoms with Crippen LogP contribution in [-0.4, -0.2) is 49.8 Å². The number of aromatic nitrogens is 2. The molecule has 7 rings (SSSR count). The summed E-state index contributed by atoms with van der Waals surface area (Å²) in [5, 5.41) is 2.96. The zero-order valence-corrected chi connectivity index (χ0v) is 33.6. The Bertz CT molecular complexity index is 2430. The fraction of sp³-hybridized carbons (Fsp3) is 0.261. The van der Waals surface area contributed by atoms with Gasteiger partial charge >= 0.3 is 5.97 Å². The minimum atomic E-state index is -0.620. The standard InChI is InChI=1S/C46H44FN3O6S/c1-46(2,3)32-23-31(20-29-21-38(53-4)43(55-6)39(22-29)54-5)42-35(24-32)41(34-14-10-11-15-36(34)48-42)44(52)56-26-40(51)50(25-28-16-18-33(47)19-17-28)45-49-37(27-57-45)30-12-8-7-9-13-30/h7-22,27,32H,23-26H2,1-6H3/b31-20-.